The minimum Gasteiger partial charge on any atom is -0.466 e. The zero-order chi connectivity index (χ0) is 16.9. The molecule has 0 unspecified atom stereocenters. The Morgan fingerprint density at radius 2 is 1.77 bits per heavy atom. The van der Waals surface area contributed by atoms with Gasteiger partial charge in [0.1, 0.15) is 5.70 Å². The highest BCUT2D eigenvalue weighted by Gasteiger charge is 2.21. The van der Waals surface area contributed by atoms with Gasteiger partial charge in [0, 0.05) is 5.69 Å². The Morgan fingerprint density at radius 3 is 2.27 bits per heavy atom. The second-order valence-electron chi connectivity index (χ2n) is 5.95. The van der Waals surface area contributed by atoms with E-state index in [4.69, 9.17) is 4.74 Å². The Balaban J connectivity index is 3.33. The molecule has 0 amide bonds. The molecule has 5 heteroatoms. The Labute approximate surface area is 131 Å². The maximum Gasteiger partial charge on any atom is 0.354 e. The summed E-state index contributed by atoms with van der Waals surface area (Å²) in [6.07, 6.45) is 1.09. The molecule has 0 aromatic heterocycles. The molecule has 0 aliphatic heterocycles. The van der Waals surface area contributed by atoms with Gasteiger partial charge in [-0.25, -0.2) is 9.59 Å². The van der Waals surface area contributed by atoms with Crippen molar-refractivity contribution in [1.82, 2.24) is 0 Å². The highest BCUT2D eigenvalue weighted by atomic mass is 16.5. The number of ether oxygens (including phenoxy) is 2. The number of esters is 2. The summed E-state index contributed by atoms with van der Waals surface area (Å²) in [6, 6.07) is 5.88. The maximum absolute atomic E-state index is 11.9. The largest absolute Gasteiger partial charge is 0.466 e. The van der Waals surface area contributed by atoms with Crippen molar-refractivity contribution in [3.8, 4) is 0 Å². The van der Waals surface area contributed by atoms with Crippen LogP contribution in [0, 0.1) is 6.92 Å². The normalized spacial score (nSPS) is 11.8. The van der Waals surface area contributed by atoms with E-state index in [9.17, 15) is 9.59 Å². The fourth-order valence-electron chi connectivity index (χ4n) is 2.03. The quantitative estimate of drug-likeness (QED) is 0.684. The van der Waals surface area contributed by atoms with E-state index >= 15 is 0 Å². The molecule has 22 heavy (non-hydrogen) atoms. The summed E-state index contributed by atoms with van der Waals surface area (Å²) in [4.78, 5) is 23.3. The first-order valence-electron chi connectivity index (χ1n) is 6.95. The lowest BCUT2D eigenvalue weighted by Crippen LogP contribution is -2.20. The molecule has 0 radical (unpaired) electrons. The summed E-state index contributed by atoms with van der Waals surface area (Å²) < 4.78 is 9.30. The van der Waals surface area contributed by atoms with Gasteiger partial charge in [-0.1, -0.05) is 39.0 Å². The molecule has 1 N–H and O–H groups in total. The molecule has 0 bridgehead atoms. The van der Waals surface area contributed by atoms with Crippen molar-refractivity contribution < 1.29 is 19.1 Å². The van der Waals surface area contributed by atoms with Crippen LogP contribution < -0.4 is 5.32 Å². The van der Waals surface area contributed by atoms with Crippen molar-refractivity contribution in [1.29, 1.82) is 0 Å². The Bertz CT molecular complexity index is 597. The second-order valence-corrected chi connectivity index (χ2v) is 5.95. The van der Waals surface area contributed by atoms with E-state index in [0.717, 1.165) is 22.9 Å². The standard InChI is InChI=1S/C17H23NO4/c1-11-8-7-9-12(17(2,3)4)15(11)18-13(16(20)22-6)10-14(19)21-5/h7-10,18H,1-6H3/b13-10+. The molecule has 0 saturated carbocycles. The van der Waals surface area contributed by atoms with Crippen LogP contribution in [0.3, 0.4) is 0 Å². The average Bonchev–Trinajstić information content (AvgIpc) is 2.46. The van der Waals surface area contributed by atoms with Crippen LogP contribution in [0.5, 0.6) is 0 Å². The second kappa shape index (κ2) is 7.11. The molecule has 0 aliphatic carbocycles. The number of para-hydroxylation sites is 1. The maximum atomic E-state index is 11.9. The lowest BCUT2D eigenvalue weighted by molar-refractivity contribution is -0.138. The van der Waals surface area contributed by atoms with Crippen molar-refractivity contribution >= 4 is 17.6 Å². The third kappa shape index (κ3) is 4.35. The number of methoxy groups -OCH3 is 2. The summed E-state index contributed by atoms with van der Waals surface area (Å²) in [5, 5.41) is 3.02. The molecule has 1 aromatic carbocycles. The summed E-state index contributed by atoms with van der Waals surface area (Å²) in [6.45, 7) is 8.17. The summed E-state index contributed by atoms with van der Waals surface area (Å²) in [5.74, 6) is -1.26. The number of nitrogens with one attached hydrogen (secondary N) is 1. The van der Waals surface area contributed by atoms with Crippen LogP contribution in [0.25, 0.3) is 0 Å². The number of hydrogen-bond donors (Lipinski definition) is 1. The smallest absolute Gasteiger partial charge is 0.354 e. The predicted molar refractivity (Wildman–Crippen MR) is 85.6 cm³/mol. The van der Waals surface area contributed by atoms with Crippen molar-refractivity contribution in [2.45, 2.75) is 33.1 Å². The zero-order valence-electron chi connectivity index (χ0n) is 13.9. The molecule has 0 spiro atoms. The molecule has 1 aromatic rings. The molecule has 1 rings (SSSR count). The third-order valence-corrected chi connectivity index (χ3v) is 3.21. The van der Waals surface area contributed by atoms with Crippen molar-refractivity contribution in [2.75, 3.05) is 19.5 Å². The number of aryl methyl sites for hydroxylation is 1. The van der Waals surface area contributed by atoms with Gasteiger partial charge in [-0.15, -0.1) is 0 Å². The Kier molecular flexibility index (Phi) is 5.74. The van der Waals surface area contributed by atoms with Crippen LogP contribution in [0.2, 0.25) is 0 Å². The SMILES string of the molecule is COC(=O)/C=C(/Nc1c(C)cccc1C(C)(C)C)C(=O)OC. The third-order valence-electron chi connectivity index (χ3n) is 3.21. The number of carbonyl (C=O) groups is 2. The predicted octanol–water partition coefficient (Wildman–Crippen LogP) is 2.93. The van der Waals surface area contributed by atoms with Gasteiger partial charge in [-0.3, -0.25) is 0 Å². The average molecular weight is 305 g/mol. The van der Waals surface area contributed by atoms with E-state index in [1.807, 2.05) is 25.1 Å². The van der Waals surface area contributed by atoms with Crippen LogP contribution in [0.15, 0.2) is 30.0 Å². The van der Waals surface area contributed by atoms with E-state index in [0.29, 0.717) is 0 Å². The van der Waals surface area contributed by atoms with Gasteiger partial charge in [0.05, 0.1) is 20.3 Å². The van der Waals surface area contributed by atoms with Crippen molar-refractivity contribution in [3.05, 3.63) is 41.1 Å². The van der Waals surface area contributed by atoms with Crippen molar-refractivity contribution in [2.24, 2.45) is 0 Å². The Hall–Kier alpha value is -2.30. The van der Waals surface area contributed by atoms with Crippen LogP contribution in [0.1, 0.15) is 31.9 Å². The number of rotatable bonds is 4. The van der Waals surface area contributed by atoms with E-state index in [2.05, 4.69) is 30.8 Å². The van der Waals surface area contributed by atoms with E-state index in [-0.39, 0.29) is 11.1 Å². The highest BCUT2D eigenvalue weighted by molar-refractivity contribution is 5.99. The fraction of sp³-hybridized carbons (Fsp3) is 0.412. The number of hydrogen-bond acceptors (Lipinski definition) is 5. The number of anilines is 1. The molecular formula is C17H23NO4. The lowest BCUT2D eigenvalue weighted by atomic mass is 9.84. The van der Waals surface area contributed by atoms with Gasteiger partial charge in [0.2, 0.25) is 0 Å². The van der Waals surface area contributed by atoms with Crippen LogP contribution in [-0.4, -0.2) is 26.2 Å². The number of benzene rings is 1. The zero-order valence-corrected chi connectivity index (χ0v) is 13.9. The monoisotopic (exact) mass is 305 g/mol. The lowest BCUT2D eigenvalue weighted by Gasteiger charge is -2.25. The minimum absolute atomic E-state index is 0.0363. The summed E-state index contributed by atoms with van der Waals surface area (Å²) >= 11 is 0. The molecule has 5 nitrogen and oxygen atoms in total. The Morgan fingerprint density at radius 1 is 1.14 bits per heavy atom. The van der Waals surface area contributed by atoms with Crippen LogP contribution in [-0.2, 0) is 24.5 Å². The van der Waals surface area contributed by atoms with Crippen LogP contribution in [0.4, 0.5) is 5.69 Å². The minimum atomic E-state index is -0.631. The van der Waals surface area contributed by atoms with Crippen LogP contribution >= 0.6 is 0 Å². The summed E-state index contributed by atoms with van der Waals surface area (Å²) in [7, 11) is 2.51. The summed E-state index contributed by atoms with van der Waals surface area (Å²) in [5.41, 5.74) is 2.70. The molecule has 0 fully saturated rings. The molecular weight excluding hydrogens is 282 g/mol. The molecule has 0 atom stereocenters. The first kappa shape index (κ1) is 17.8. The molecule has 120 valence electrons. The first-order valence-corrected chi connectivity index (χ1v) is 6.95. The number of carbonyl (C=O) groups excluding carboxylic acids is 2. The molecule has 0 aliphatic rings. The topological polar surface area (TPSA) is 64.6 Å². The van der Waals surface area contributed by atoms with Gasteiger partial charge in [0.15, 0.2) is 0 Å². The van der Waals surface area contributed by atoms with E-state index in [1.165, 1.54) is 14.2 Å². The highest BCUT2D eigenvalue weighted by Crippen LogP contribution is 2.32. The molecule has 0 saturated heterocycles. The van der Waals surface area contributed by atoms with E-state index < -0.39 is 11.9 Å². The van der Waals surface area contributed by atoms with Gasteiger partial charge in [-0.2, -0.15) is 0 Å². The first-order chi connectivity index (χ1) is 10.2. The van der Waals surface area contributed by atoms with Gasteiger partial charge >= 0.3 is 11.9 Å². The van der Waals surface area contributed by atoms with Gasteiger partial charge in [-0.05, 0) is 23.5 Å². The molecule has 0 heterocycles. The van der Waals surface area contributed by atoms with Gasteiger partial charge < -0.3 is 14.8 Å². The fourth-order valence-corrected chi connectivity index (χ4v) is 2.03. The van der Waals surface area contributed by atoms with E-state index in [1.54, 1.807) is 0 Å². The van der Waals surface area contributed by atoms with Crippen molar-refractivity contribution in [3.63, 3.8) is 0 Å². The van der Waals surface area contributed by atoms with Gasteiger partial charge in [0.25, 0.3) is 0 Å².